The van der Waals surface area contributed by atoms with E-state index < -0.39 is 0 Å². The first-order valence-electron chi connectivity index (χ1n) is 6.83. The molecule has 0 saturated carbocycles. The Kier molecular flexibility index (Phi) is 3.79. The number of rotatable bonds is 5. The summed E-state index contributed by atoms with van der Waals surface area (Å²) in [6, 6.07) is 18.5. The summed E-state index contributed by atoms with van der Waals surface area (Å²) in [5.74, 6) is 0.865. The van der Waals surface area contributed by atoms with Crippen molar-refractivity contribution in [1.29, 1.82) is 0 Å². The predicted molar refractivity (Wildman–Crippen MR) is 77.6 cm³/mol. The first kappa shape index (κ1) is 12.9. The highest BCUT2D eigenvalue weighted by Crippen LogP contribution is 2.28. The minimum absolute atomic E-state index is 0.0222. The van der Waals surface area contributed by atoms with Crippen LogP contribution >= 0.6 is 0 Å². The standard InChI is InChI=1S/C17H17NO2/c19-11-15-10-17(18-15)14-6-8-16(9-7-14)20-12-13-4-2-1-3-5-13/h1-9,11,15,17-18H,10,12H2. The van der Waals surface area contributed by atoms with Gasteiger partial charge in [0.05, 0.1) is 6.04 Å². The largest absolute Gasteiger partial charge is 0.489 e. The third-order valence-electron chi connectivity index (χ3n) is 3.60. The zero-order chi connectivity index (χ0) is 13.8. The van der Waals surface area contributed by atoms with Gasteiger partial charge in [-0.25, -0.2) is 0 Å². The van der Waals surface area contributed by atoms with Crippen molar-refractivity contribution < 1.29 is 9.53 Å². The topological polar surface area (TPSA) is 38.3 Å². The fourth-order valence-corrected chi connectivity index (χ4v) is 2.35. The van der Waals surface area contributed by atoms with Crippen LogP contribution in [0.15, 0.2) is 54.6 Å². The van der Waals surface area contributed by atoms with E-state index in [0.717, 1.165) is 24.0 Å². The molecule has 0 aliphatic carbocycles. The second-order valence-electron chi connectivity index (χ2n) is 5.04. The van der Waals surface area contributed by atoms with Crippen LogP contribution in [0, 0.1) is 0 Å². The number of carbonyl (C=O) groups excluding carboxylic acids is 1. The number of benzene rings is 2. The van der Waals surface area contributed by atoms with Gasteiger partial charge in [0.25, 0.3) is 0 Å². The zero-order valence-electron chi connectivity index (χ0n) is 11.2. The molecule has 102 valence electrons. The van der Waals surface area contributed by atoms with E-state index in [1.54, 1.807) is 0 Å². The highest BCUT2D eigenvalue weighted by atomic mass is 16.5. The first-order chi connectivity index (χ1) is 9.85. The maximum atomic E-state index is 10.6. The SMILES string of the molecule is O=CC1CC(c2ccc(OCc3ccccc3)cc2)N1. The van der Waals surface area contributed by atoms with Gasteiger partial charge in [0.2, 0.25) is 0 Å². The van der Waals surface area contributed by atoms with E-state index in [2.05, 4.69) is 17.4 Å². The Balaban J connectivity index is 1.55. The molecule has 1 aliphatic rings. The Bertz CT molecular complexity index is 559. The summed E-state index contributed by atoms with van der Waals surface area (Å²) in [5.41, 5.74) is 2.36. The molecule has 1 saturated heterocycles. The fourth-order valence-electron chi connectivity index (χ4n) is 2.35. The maximum absolute atomic E-state index is 10.6. The normalized spacial score (nSPS) is 21.0. The molecule has 3 heteroatoms. The number of hydrogen-bond acceptors (Lipinski definition) is 3. The van der Waals surface area contributed by atoms with E-state index in [9.17, 15) is 4.79 Å². The molecule has 0 spiro atoms. The van der Waals surface area contributed by atoms with Crippen LogP contribution in [0.2, 0.25) is 0 Å². The second-order valence-corrected chi connectivity index (χ2v) is 5.04. The van der Waals surface area contributed by atoms with Gasteiger partial charge in [-0.2, -0.15) is 0 Å². The second kappa shape index (κ2) is 5.88. The van der Waals surface area contributed by atoms with Gasteiger partial charge < -0.3 is 14.8 Å². The van der Waals surface area contributed by atoms with E-state index in [1.165, 1.54) is 5.56 Å². The Morgan fingerprint density at radius 2 is 1.80 bits per heavy atom. The van der Waals surface area contributed by atoms with Crippen molar-refractivity contribution in [3.63, 3.8) is 0 Å². The Morgan fingerprint density at radius 1 is 1.10 bits per heavy atom. The summed E-state index contributed by atoms with van der Waals surface area (Å²) in [7, 11) is 0. The van der Waals surface area contributed by atoms with Crippen LogP contribution in [0.1, 0.15) is 23.6 Å². The summed E-state index contributed by atoms with van der Waals surface area (Å²) in [4.78, 5) is 10.6. The quantitative estimate of drug-likeness (QED) is 0.847. The third kappa shape index (κ3) is 2.89. The van der Waals surface area contributed by atoms with Gasteiger partial charge in [0, 0.05) is 6.04 Å². The lowest BCUT2D eigenvalue weighted by Crippen LogP contribution is -2.46. The van der Waals surface area contributed by atoms with Crippen molar-refractivity contribution in [2.24, 2.45) is 0 Å². The lowest BCUT2D eigenvalue weighted by atomic mass is 9.92. The number of ether oxygens (including phenoxy) is 1. The van der Waals surface area contributed by atoms with Crippen LogP contribution in [-0.4, -0.2) is 12.3 Å². The van der Waals surface area contributed by atoms with Crippen molar-refractivity contribution in [3.05, 3.63) is 65.7 Å². The van der Waals surface area contributed by atoms with E-state index in [4.69, 9.17) is 4.74 Å². The smallest absolute Gasteiger partial charge is 0.136 e. The molecule has 3 rings (SSSR count). The highest BCUT2D eigenvalue weighted by Gasteiger charge is 2.28. The molecule has 20 heavy (non-hydrogen) atoms. The summed E-state index contributed by atoms with van der Waals surface area (Å²) in [5, 5.41) is 3.21. The average molecular weight is 267 g/mol. The molecule has 1 fully saturated rings. The minimum atomic E-state index is 0.0222. The highest BCUT2D eigenvalue weighted by molar-refractivity contribution is 5.60. The summed E-state index contributed by atoms with van der Waals surface area (Å²) < 4.78 is 5.74. The molecule has 2 atom stereocenters. The molecule has 0 bridgehead atoms. The maximum Gasteiger partial charge on any atom is 0.136 e. The predicted octanol–water partition coefficient (Wildman–Crippen LogP) is 2.87. The molecule has 1 heterocycles. The summed E-state index contributed by atoms with van der Waals surface area (Å²) in [6.45, 7) is 0.578. The van der Waals surface area contributed by atoms with Gasteiger partial charge in [-0.05, 0) is 29.7 Å². The lowest BCUT2D eigenvalue weighted by Gasteiger charge is -2.34. The molecule has 2 aromatic carbocycles. The molecule has 1 aliphatic heterocycles. The van der Waals surface area contributed by atoms with Crippen LogP contribution in [0.4, 0.5) is 0 Å². The Labute approximate surface area is 118 Å². The van der Waals surface area contributed by atoms with Crippen LogP contribution in [-0.2, 0) is 11.4 Å². The molecule has 0 amide bonds. The number of carbonyl (C=O) groups is 1. The van der Waals surface area contributed by atoms with E-state index >= 15 is 0 Å². The van der Waals surface area contributed by atoms with Crippen LogP contribution < -0.4 is 10.1 Å². The number of hydrogen-bond donors (Lipinski definition) is 1. The van der Waals surface area contributed by atoms with Gasteiger partial charge in [0.1, 0.15) is 18.6 Å². The molecule has 3 nitrogen and oxygen atoms in total. The third-order valence-corrected chi connectivity index (χ3v) is 3.60. The monoisotopic (exact) mass is 267 g/mol. The van der Waals surface area contributed by atoms with E-state index in [0.29, 0.717) is 12.6 Å². The molecule has 1 N–H and O–H groups in total. The van der Waals surface area contributed by atoms with Crippen molar-refractivity contribution in [3.8, 4) is 5.75 Å². The molecule has 2 unspecified atom stereocenters. The van der Waals surface area contributed by atoms with E-state index in [-0.39, 0.29) is 6.04 Å². The Hall–Kier alpha value is -2.13. The molecular weight excluding hydrogens is 250 g/mol. The molecular formula is C17H17NO2. The van der Waals surface area contributed by atoms with Crippen LogP contribution in [0.3, 0.4) is 0 Å². The fraction of sp³-hybridized carbons (Fsp3) is 0.235. The van der Waals surface area contributed by atoms with Gasteiger partial charge >= 0.3 is 0 Å². The molecule has 2 aromatic rings. The van der Waals surface area contributed by atoms with Crippen LogP contribution in [0.5, 0.6) is 5.75 Å². The first-order valence-corrected chi connectivity index (χ1v) is 6.83. The van der Waals surface area contributed by atoms with Gasteiger partial charge in [-0.3, -0.25) is 0 Å². The van der Waals surface area contributed by atoms with Gasteiger partial charge in [0.15, 0.2) is 0 Å². The lowest BCUT2D eigenvalue weighted by molar-refractivity contribution is -0.111. The summed E-state index contributed by atoms with van der Waals surface area (Å²) >= 11 is 0. The van der Waals surface area contributed by atoms with Crippen molar-refractivity contribution in [1.82, 2.24) is 5.32 Å². The van der Waals surface area contributed by atoms with E-state index in [1.807, 2.05) is 42.5 Å². The van der Waals surface area contributed by atoms with Gasteiger partial charge in [-0.15, -0.1) is 0 Å². The van der Waals surface area contributed by atoms with Crippen LogP contribution in [0.25, 0.3) is 0 Å². The minimum Gasteiger partial charge on any atom is -0.489 e. The zero-order valence-corrected chi connectivity index (χ0v) is 11.2. The van der Waals surface area contributed by atoms with Crippen molar-refractivity contribution in [2.75, 3.05) is 0 Å². The molecule has 0 aromatic heterocycles. The Morgan fingerprint density at radius 3 is 2.45 bits per heavy atom. The van der Waals surface area contributed by atoms with Gasteiger partial charge in [-0.1, -0.05) is 42.5 Å². The summed E-state index contributed by atoms with van der Waals surface area (Å²) in [6.07, 6.45) is 1.85. The van der Waals surface area contributed by atoms with Crippen molar-refractivity contribution >= 4 is 6.29 Å². The number of aldehydes is 1. The van der Waals surface area contributed by atoms with Crippen molar-refractivity contribution in [2.45, 2.75) is 25.1 Å². The average Bonchev–Trinajstić information content (AvgIpc) is 2.46. The molecule has 0 radical (unpaired) electrons. The number of nitrogens with one attached hydrogen (secondary N) is 1.